The highest BCUT2D eigenvalue weighted by atomic mass is 35.5. The number of benzene rings is 1. The fourth-order valence-electron chi connectivity index (χ4n) is 1.23. The molecule has 3 heteroatoms. The molecule has 78 valence electrons. The zero-order chi connectivity index (χ0) is 10.9. The summed E-state index contributed by atoms with van der Waals surface area (Å²) in [4.78, 5) is 0. The van der Waals surface area contributed by atoms with Crippen LogP contribution in [0, 0.1) is 5.41 Å². The number of nitrogens with two attached hydrogens (primary N) is 1. The minimum atomic E-state index is -0.103. The van der Waals surface area contributed by atoms with Crippen molar-refractivity contribution in [2.24, 2.45) is 11.1 Å². The predicted molar refractivity (Wildman–Crippen MR) is 62.8 cm³/mol. The first-order valence-electron chi connectivity index (χ1n) is 4.53. The summed E-state index contributed by atoms with van der Waals surface area (Å²) >= 11 is 12.0. The minimum Gasteiger partial charge on any atom is -0.323 e. The van der Waals surface area contributed by atoms with E-state index in [4.69, 9.17) is 28.9 Å². The van der Waals surface area contributed by atoms with Crippen LogP contribution in [-0.4, -0.2) is 0 Å². The van der Waals surface area contributed by atoms with Gasteiger partial charge >= 0.3 is 0 Å². The van der Waals surface area contributed by atoms with E-state index >= 15 is 0 Å². The maximum atomic E-state index is 6.10. The van der Waals surface area contributed by atoms with Crippen LogP contribution < -0.4 is 5.73 Å². The van der Waals surface area contributed by atoms with Crippen LogP contribution in [0.25, 0.3) is 0 Å². The van der Waals surface area contributed by atoms with Gasteiger partial charge in [-0.05, 0) is 17.0 Å². The van der Waals surface area contributed by atoms with E-state index in [1.54, 1.807) is 6.07 Å². The normalized spacial score (nSPS) is 14.1. The van der Waals surface area contributed by atoms with Crippen LogP contribution in [0.1, 0.15) is 32.4 Å². The van der Waals surface area contributed by atoms with E-state index in [2.05, 4.69) is 20.8 Å². The van der Waals surface area contributed by atoms with Gasteiger partial charge in [0.2, 0.25) is 0 Å². The zero-order valence-electron chi connectivity index (χ0n) is 8.64. The maximum absolute atomic E-state index is 6.10. The van der Waals surface area contributed by atoms with Gasteiger partial charge in [0.25, 0.3) is 0 Å². The molecule has 0 aliphatic rings. The Morgan fingerprint density at radius 3 is 2.29 bits per heavy atom. The second-order valence-corrected chi connectivity index (χ2v) is 5.27. The van der Waals surface area contributed by atoms with Crippen LogP contribution in [0.2, 0.25) is 10.0 Å². The van der Waals surface area contributed by atoms with Crippen LogP contribution in [0.15, 0.2) is 18.2 Å². The smallest absolute Gasteiger partial charge is 0.0640 e. The molecule has 0 aliphatic carbocycles. The van der Waals surface area contributed by atoms with Crippen molar-refractivity contribution in [2.75, 3.05) is 0 Å². The van der Waals surface area contributed by atoms with Crippen LogP contribution in [0.4, 0.5) is 0 Å². The van der Waals surface area contributed by atoms with Gasteiger partial charge in [0.05, 0.1) is 10.0 Å². The Labute approximate surface area is 95.2 Å². The highest BCUT2D eigenvalue weighted by Gasteiger charge is 2.24. The number of hydrogen-bond acceptors (Lipinski definition) is 1. The molecule has 0 unspecified atom stereocenters. The van der Waals surface area contributed by atoms with Crippen LogP contribution >= 0.6 is 23.2 Å². The summed E-state index contributed by atoms with van der Waals surface area (Å²) in [5, 5.41) is 1.13. The van der Waals surface area contributed by atoms with E-state index in [9.17, 15) is 0 Å². The number of halogens is 2. The van der Waals surface area contributed by atoms with E-state index in [1.807, 2.05) is 12.1 Å². The Kier molecular flexibility index (Phi) is 3.46. The zero-order valence-corrected chi connectivity index (χ0v) is 10.2. The first kappa shape index (κ1) is 11.8. The van der Waals surface area contributed by atoms with Gasteiger partial charge in [-0.1, -0.05) is 56.1 Å². The van der Waals surface area contributed by atoms with Gasteiger partial charge in [-0.2, -0.15) is 0 Å². The van der Waals surface area contributed by atoms with E-state index in [1.165, 1.54) is 0 Å². The third-order valence-corrected chi connectivity index (χ3v) is 3.08. The van der Waals surface area contributed by atoms with Gasteiger partial charge in [0.1, 0.15) is 0 Å². The Hall–Kier alpha value is -0.240. The molecule has 1 rings (SSSR count). The predicted octanol–water partition coefficient (Wildman–Crippen LogP) is 4.04. The lowest BCUT2D eigenvalue weighted by molar-refractivity contribution is 0.327. The Morgan fingerprint density at radius 2 is 1.79 bits per heavy atom. The van der Waals surface area contributed by atoms with Crippen molar-refractivity contribution in [1.82, 2.24) is 0 Å². The Morgan fingerprint density at radius 1 is 1.21 bits per heavy atom. The first-order chi connectivity index (χ1) is 6.34. The van der Waals surface area contributed by atoms with Gasteiger partial charge in [-0.15, -0.1) is 0 Å². The van der Waals surface area contributed by atoms with Crippen molar-refractivity contribution >= 4 is 23.2 Å². The molecular weight excluding hydrogens is 217 g/mol. The molecule has 1 nitrogen and oxygen atoms in total. The standard InChI is InChI=1S/C11H15Cl2N/c1-11(2,3)10(14)7-5-4-6-8(12)9(7)13/h4-6,10H,14H2,1-3H3/t10-/m1/s1. The van der Waals surface area contributed by atoms with Crippen molar-refractivity contribution in [1.29, 1.82) is 0 Å². The van der Waals surface area contributed by atoms with E-state index < -0.39 is 0 Å². The van der Waals surface area contributed by atoms with Gasteiger partial charge in [0.15, 0.2) is 0 Å². The molecule has 0 fully saturated rings. The Bertz CT molecular complexity index is 329. The van der Waals surface area contributed by atoms with Crippen molar-refractivity contribution in [3.8, 4) is 0 Å². The molecule has 0 saturated heterocycles. The van der Waals surface area contributed by atoms with Crippen molar-refractivity contribution in [3.05, 3.63) is 33.8 Å². The Balaban J connectivity index is 3.14. The highest BCUT2D eigenvalue weighted by molar-refractivity contribution is 6.42. The monoisotopic (exact) mass is 231 g/mol. The topological polar surface area (TPSA) is 26.0 Å². The molecule has 0 aliphatic heterocycles. The molecule has 14 heavy (non-hydrogen) atoms. The number of hydrogen-bond donors (Lipinski definition) is 1. The van der Waals surface area contributed by atoms with Crippen molar-refractivity contribution in [2.45, 2.75) is 26.8 Å². The molecule has 0 heterocycles. The fourth-order valence-corrected chi connectivity index (χ4v) is 1.65. The van der Waals surface area contributed by atoms with Crippen molar-refractivity contribution in [3.63, 3.8) is 0 Å². The minimum absolute atomic E-state index is 0.0195. The lowest BCUT2D eigenvalue weighted by Crippen LogP contribution is -2.26. The van der Waals surface area contributed by atoms with Gasteiger partial charge < -0.3 is 5.73 Å². The molecule has 0 amide bonds. The average Bonchev–Trinajstić information content (AvgIpc) is 2.07. The first-order valence-corrected chi connectivity index (χ1v) is 5.29. The third kappa shape index (κ3) is 2.41. The molecule has 0 spiro atoms. The van der Waals surface area contributed by atoms with Crippen LogP contribution in [-0.2, 0) is 0 Å². The fraction of sp³-hybridized carbons (Fsp3) is 0.455. The second-order valence-electron chi connectivity index (χ2n) is 4.49. The largest absolute Gasteiger partial charge is 0.323 e. The molecule has 0 bridgehead atoms. The second kappa shape index (κ2) is 4.09. The summed E-state index contributed by atoms with van der Waals surface area (Å²) in [6, 6.07) is 5.45. The molecule has 0 radical (unpaired) electrons. The van der Waals surface area contributed by atoms with Crippen LogP contribution in [0.3, 0.4) is 0 Å². The lowest BCUT2D eigenvalue weighted by atomic mass is 9.83. The van der Waals surface area contributed by atoms with Gasteiger partial charge in [-0.3, -0.25) is 0 Å². The molecule has 0 saturated carbocycles. The summed E-state index contributed by atoms with van der Waals surface area (Å²) in [6.07, 6.45) is 0. The van der Waals surface area contributed by atoms with Crippen molar-refractivity contribution < 1.29 is 0 Å². The van der Waals surface area contributed by atoms with Crippen LogP contribution in [0.5, 0.6) is 0 Å². The van der Waals surface area contributed by atoms with Gasteiger partial charge in [0, 0.05) is 6.04 Å². The van der Waals surface area contributed by atoms with E-state index in [-0.39, 0.29) is 11.5 Å². The molecule has 1 aromatic rings. The molecule has 1 aromatic carbocycles. The third-order valence-electron chi connectivity index (χ3n) is 2.25. The maximum Gasteiger partial charge on any atom is 0.0640 e. The molecular formula is C11H15Cl2N. The summed E-state index contributed by atoms with van der Waals surface area (Å²) < 4.78 is 0. The van der Waals surface area contributed by atoms with E-state index in [0.717, 1.165) is 5.56 Å². The summed E-state index contributed by atoms with van der Waals surface area (Å²) in [6.45, 7) is 6.23. The van der Waals surface area contributed by atoms with E-state index in [0.29, 0.717) is 10.0 Å². The molecule has 0 aromatic heterocycles. The molecule has 1 atom stereocenters. The van der Waals surface area contributed by atoms with Gasteiger partial charge in [-0.25, -0.2) is 0 Å². The average molecular weight is 232 g/mol. The summed E-state index contributed by atoms with van der Waals surface area (Å²) in [7, 11) is 0. The summed E-state index contributed by atoms with van der Waals surface area (Å²) in [5.74, 6) is 0. The quantitative estimate of drug-likeness (QED) is 0.776. The number of rotatable bonds is 1. The molecule has 2 N–H and O–H groups in total. The highest BCUT2D eigenvalue weighted by Crippen LogP contribution is 2.36. The lowest BCUT2D eigenvalue weighted by Gasteiger charge is -2.28. The SMILES string of the molecule is CC(C)(C)[C@H](N)c1cccc(Cl)c1Cl. The summed E-state index contributed by atoms with van der Waals surface area (Å²) in [5.41, 5.74) is 6.99.